The van der Waals surface area contributed by atoms with E-state index < -0.39 is 17.2 Å². The summed E-state index contributed by atoms with van der Waals surface area (Å²) in [6, 6.07) is 3.31. The Morgan fingerprint density at radius 2 is 2.00 bits per heavy atom. The molecule has 0 radical (unpaired) electrons. The normalized spacial score (nSPS) is 26.2. The van der Waals surface area contributed by atoms with Crippen molar-refractivity contribution in [2.24, 2.45) is 0 Å². The average Bonchev–Trinajstić information content (AvgIpc) is 3.18. The van der Waals surface area contributed by atoms with Crippen LogP contribution in [0.3, 0.4) is 0 Å². The highest BCUT2D eigenvalue weighted by Gasteiger charge is 2.31. The Balaban J connectivity index is 1.78. The molecular weight excluding hydrogens is 274 g/mol. The van der Waals surface area contributed by atoms with Crippen LogP contribution in [0.2, 0.25) is 0 Å². The predicted octanol–water partition coefficient (Wildman–Crippen LogP) is 2.57. The molecule has 1 saturated carbocycles. The Kier molecular flexibility index (Phi) is 3.88. The molecule has 3 rings (SSSR count). The van der Waals surface area contributed by atoms with Gasteiger partial charge in [-0.25, -0.2) is 8.78 Å². The third-order valence-corrected chi connectivity index (χ3v) is 4.24. The summed E-state index contributed by atoms with van der Waals surface area (Å²) < 4.78 is 28.6. The first-order valence-corrected chi connectivity index (χ1v) is 7.63. The summed E-state index contributed by atoms with van der Waals surface area (Å²) in [6.45, 7) is 3.05. The fraction of sp³-hybridized carbons (Fsp3) is 0.625. The fourth-order valence-corrected chi connectivity index (χ4v) is 2.98. The van der Waals surface area contributed by atoms with Crippen molar-refractivity contribution in [3.63, 3.8) is 0 Å². The Bertz CT molecular complexity index is 506. The quantitative estimate of drug-likeness (QED) is 0.896. The smallest absolute Gasteiger partial charge is 0.149 e. The van der Waals surface area contributed by atoms with Crippen LogP contribution in [-0.2, 0) is 6.54 Å². The molecule has 3 nitrogen and oxygen atoms in total. The lowest BCUT2D eigenvalue weighted by Gasteiger charge is -2.38. The summed E-state index contributed by atoms with van der Waals surface area (Å²) in [5.74, 6) is -1.08. The lowest BCUT2D eigenvalue weighted by molar-refractivity contribution is 0.0446. The van der Waals surface area contributed by atoms with Gasteiger partial charge in [0.05, 0.1) is 5.60 Å². The molecule has 2 N–H and O–H groups in total. The first-order valence-electron chi connectivity index (χ1n) is 7.63. The fourth-order valence-electron chi connectivity index (χ4n) is 2.98. The molecular formula is C16H22F2N2O. The molecule has 0 amide bonds. The molecule has 1 unspecified atom stereocenters. The van der Waals surface area contributed by atoms with Crippen molar-refractivity contribution in [2.75, 3.05) is 18.0 Å². The van der Waals surface area contributed by atoms with Crippen molar-refractivity contribution >= 4 is 5.69 Å². The maximum Gasteiger partial charge on any atom is 0.149 e. The Hall–Kier alpha value is -1.20. The second-order valence-electron chi connectivity index (χ2n) is 6.59. The molecule has 2 fully saturated rings. The number of piperidine rings is 1. The summed E-state index contributed by atoms with van der Waals surface area (Å²) >= 11 is 0. The summed E-state index contributed by atoms with van der Waals surface area (Å²) in [4.78, 5) is 1.62. The van der Waals surface area contributed by atoms with Crippen LogP contribution in [-0.4, -0.2) is 29.8 Å². The molecule has 1 aromatic carbocycles. The second kappa shape index (κ2) is 5.54. The zero-order valence-electron chi connectivity index (χ0n) is 12.3. The monoisotopic (exact) mass is 296 g/mol. The Morgan fingerprint density at radius 1 is 1.33 bits per heavy atom. The van der Waals surface area contributed by atoms with Crippen LogP contribution in [0.25, 0.3) is 0 Å². The second-order valence-corrected chi connectivity index (χ2v) is 6.59. The van der Waals surface area contributed by atoms with Gasteiger partial charge in [0.15, 0.2) is 0 Å². The summed E-state index contributed by atoms with van der Waals surface area (Å²) in [7, 11) is 0. The van der Waals surface area contributed by atoms with Gasteiger partial charge in [0.25, 0.3) is 0 Å². The first-order chi connectivity index (χ1) is 9.94. The molecule has 1 saturated heterocycles. The third kappa shape index (κ3) is 3.52. The average molecular weight is 296 g/mol. The lowest BCUT2D eigenvalue weighted by Crippen LogP contribution is -2.46. The summed E-state index contributed by atoms with van der Waals surface area (Å²) in [5, 5.41) is 13.4. The molecule has 1 heterocycles. The van der Waals surface area contributed by atoms with Gasteiger partial charge in [-0.15, -0.1) is 0 Å². The zero-order valence-corrected chi connectivity index (χ0v) is 12.3. The number of rotatable bonds is 4. The molecule has 0 bridgehead atoms. The highest BCUT2D eigenvalue weighted by atomic mass is 19.1. The van der Waals surface area contributed by atoms with Gasteiger partial charge in [-0.1, -0.05) is 0 Å². The number of nitrogens with one attached hydrogen (secondary N) is 1. The van der Waals surface area contributed by atoms with E-state index in [9.17, 15) is 13.9 Å². The number of hydrogen-bond acceptors (Lipinski definition) is 3. The van der Waals surface area contributed by atoms with Crippen LogP contribution in [0.5, 0.6) is 0 Å². The van der Waals surface area contributed by atoms with E-state index in [1.54, 1.807) is 11.8 Å². The molecule has 116 valence electrons. The zero-order chi connectivity index (χ0) is 15.0. The van der Waals surface area contributed by atoms with E-state index in [0.717, 1.165) is 19.3 Å². The van der Waals surface area contributed by atoms with Crippen molar-refractivity contribution in [3.8, 4) is 0 Å². The SMILES string of the molecule is CC1(O)CCCN(c2c(F)cc(CNC3CC3)cc2F)C1. The van der Waals surface area contributed by atoms with E-state index >= 15 is 0 Å². The molecule has 1 aliphatic heterocycles. The van der Waals surface area contributed by atoms with Crippen LogP contribution in [0, 0.1) is 11.6 Å². The topological polar surface area (TPSA) is 35.5 Å². The minimum atomic E-state index is -0.886. The lowest BCUT2D eigenvalue weighted by atomic mass is 9.94. The molecule has 21 heavy (non-hydrogen) atoms. The summed E-state index contributed by atoms with van der Waals surface area (Å²) in [5.41, 5.74) is -0.266. The number of nitrogens with zero attached hydrogens (tertiary/aromatic N) is 1. The number of hydrogen-bond donors (Lipinski definition) is 2. The van der Waals surface area contributed by atoms with Gasteiger partial charge in [0, 0.05) is 25.7 Å². The Morgan fingerprint density at radius 3 is 2.57 bits per heavy atom. The van der Waals surface area contributed by atoms with E-state index in [2.05, 4.69) is 5.32 Å². The third-order valence-electron chi connectivity index (χ3n) is 4.24. The van der Waals surface area contributed by atoms with Gasteiger partial charge in [-0.2, -0.15) is 0 Å². The molecule has 0 spiro atoms. The van der Waals surface area contributed by atoms with Gasteiger partial charge in [-0.3, -0.25) is 0 Å². The molecule has 2 aliphatic rings. The number of aliphatic hydroxyl groups is 1. The van der Waals surface area contributed by atoms with Crippen molar-refractivity contribution in [1.29, 1.82) is 0 Å². The predicted molar refractivity (Wildman–Crippen MR) is 78.3 cm³/mol. The van der Waals surface area contributed by atoms with E-state index in [1.165, 1.54) is 12.1 Å². The van der Waals surface area contributed by atoms with Gasteiger partial charge in [0.2, 0.25) is 0 Å². The van der Waals surface area contributed by atoms with Gasteiger partial charge >= 0.3 is 0 Å². The van der Waals surface area contributed by atoms with E-state index in [1.807, 2.05) is 0 Å². The van der Waals surface area contributed by atoms with E-state index in [4.69, 9.17) is 0 Å². The standard InChI is InChI=1S/C16H22F2N2O/c1-16(21)5-2-6-20(10-16)15-13(17)7-11(8-14(15)18)9-19-12-3-4-12/h7-8,12,19,21H,2-6,9-10H2,1H3. The van der Waals surface area contributed by atoms with Crippen molar-refractivity contribution in [1.82, 2.24) is 5.32 Å². The first kappa shape index (κ1) is 14.7. The molecule has 1 aromatic rings. The minimum absolute atomic E-state index is 0.00912. The largest absolute Gasteiger partial charge is 0.388 e. The van der Waals surface area contributed by atoms with Gasteiger partial charge in [0.1, 0.15) is 17.3 Å². The number of benzene rings is 1. The maximum absolute atomic E-state index is 14.3. The summed E-state index contributed by atoms with van der Waals surface area (Å²) in [6.07, 6.45) is 3.69. The van der Waals surface area contributed by atoms with Crippen LogP contribution in [0.15, 0.2) is 12.1 Å². The van der Waals surface area contributed by atoms with E-state index in [-0.39, 0.29) is 12.2 Å². The highest BCUT2D eigenvalue weighted by Crippen LogP contribution is 2.31. The highest BCUT2D eigenvalue weighted by molar-refractivity contribution is 5.51. The van der Waals surface area contributed by atoms with E-state index in [0.29, 0.717) is 31.1 Å². The molecule has 1 aliphatic carbocycles. The van der Waals surface area contributed by atoms with Gasteiger partial charge < -0.3 is 15.3 Å². The van der Waals surface area contributed by atoms with Crippen molar-refractivity contribution in [2.45, 2.75) is 50.8 Å². The molecule has 0 aromatic heterocycles. The van der Waals surface area contributed by atoms with Crippen LogP contribution in [0.4, 0.5) is 14.5 Å². The number of β-amino-alcohol motifs (C(OH)–C–C–N with tert-alkyl or cyclic N) is 1. The molecule has 1 atom stereocenters. The maximum atomic E-state index is 14.3. The van der Waals surface area contributed by atoms with Crippen LogP contribution >= 0.6 is 0 Å². The van der Waals surface area contributed by atoms with Crippen molar-refractivity contribution in [3.05, 3.63) is 29.3 Å². The number of anilines is 1. The minimum Gasteiger partial charge on any atom is -0.388 e. The van der Waals surface area contributed by atoms with Crippen molar-refractivity contribution < 1.29 is 13.9 Å². The van der Waals surface area contributed by atoms with Gasteiger partial charge in [-0.05, 0) is 50.3 Å². The Labute approximate surface area is 124 Å². The van der Waals surface area contributed by atoms with Crippen LogP contribution < -0.4 is 10.2 Å². The molecule has 5 heteroatoms. The number of halogens is 2. The van der Waals surface area contributed by atoms with Crippen LogP contribution in [0.1, 0.15) is 38.2 Å².